The third kappa shape index (κ3) is 4.80. The molecule has 0 unspecified atom stereocenters. The zero-order valence-electron chi connectivity index (χ0n) is 15.4. The van der Waals surface area contributed by atoms with Crippen LogP contribution >= 0.6 is 0 Å². The summed E-state index contributed by atoms with van der Waals surface area (Å²) >= 11 is 0. The fraction of sp³-hybridized carbons (Fsp3) is 0.500. The van der Waals surface area contributed by atoms with Crippen LogP contribution in [0, 0.1) is 0 Å². The van der Waals surface area contributed by atoms with Gasteiger partial charge in [-0.25, -0.2) is 4.99 Å². The maximum Gasteiger partial charge on any atom is 0.416 e. The first kappa shape index (κ1) is 20.1. The fourth-order valence-corrected chi connectivity index (χ4v) is 3.16. The second kappa shape index (κ2) is 8.17. The number of guanidine groups is 1. The molecule has 10 heteroatoms. The molecule has 3 rings (SSSR count). The number of amides is 2. The molecule has 0 radical (unpaired) electrons. The van der Waals surface area contributed by atoms with Crippen molar-refractivity contribution in [3.8, 4) is 0 Å². The Labute approximate surface area is 160 Å². The van der Waals surface area contributed by atoms with E-state index in [-0.39, 0.29) is 18.0 Å². The maximum atomic E-state index is 12.8. The Bertz CT molecular complexity index is 773. The summed E-state index contributed by atoms with van der Waals surface area (Å²) in [5.74, 6) is -0.609. The number of anilines is 1. The number of piperazine rings is 1. The van der Waals surface area contributed by atoms with E-state index in [1.165, 1.54) is 12.1 Å². The lowest BCUT2D eigenvalue weighted by molar-refractivity contribution is -0.137. The highest BCUT2D eigenvalue weighted by molar-refractivity contribution is 6.06. The van der Waals surface area contributed by atoms with Gasteiger partial charge in [0.05, 0.1) is 12.0 Å². The number of carbonyl (C=O) groups is 2. The minimum absolute atomic E-state index is 0.0131. The molecular weight excluding hydrogens is 375 g/mol. The minimum Gasteiger partial charge on any atom is -0.340 e. The molecule has 0 saturated carbocycles. The van der Waals surface area contributed by atoms with E-state index in [9.17, 15) is 22.8 Å². The normalized spacial score (nSPS) is 21.1. The molecule has 1 fully saturated rings. The minimum atomic E-state index is -4.50. The van der Waals surface area contributed by atoms with Crippen molar-refractivity contribution < 1.29 is 22.8 Å². The van der Waals surface area contributed by atoms with Crippen LogP contribution in [-0.2, 0) is 15.8 Å². The second-order valence-corrected chi connectivity index (χ2v) is 6.71. The number of nitrogens with zero attached hydrogens (tertiary/aromatic N) is 3. The molecule has 0 bridgehead atoms. The van der Waals surface area contributed by atoms with Crippen LogP contribution in [0.25, 0.3) is 0 Å². The number of carbonyl (C=O) groups excluding carboxylic acids is 2. The first-order valence-electron chi connectivity index (χ1n) is 9.09. The summed E-state index contributed by atoms with van der Waals surface area (Å²) in [5.41, 5.74) is -0.844. The molecule has 2 aliphatic rings. The molecule has 7 nitrogen and oxygen atoms in total. The zero-order valence-corrected chi connectivity index (χ0v) is 15.4. The number of benzene rings is 1. The average Bonchev–Trinajstić information content (AvgIpc) is 2.67. The Kier molecular flexibility index (Phi) is 5.87. The largest absolute Gasteiger partial charge is 0.416 e. The van der Waals surface area contributed by atoms with Crippen LogP contribution in [0.1, 0.15) is 18.9 Å². The molecule has 1 saturated heterocycles. The number of halogens is 3. The van der Waals surface area contributed by atoms with Crippen molar-refractivity contribution in [2.75, 3.05) is 38.0 Å². The summed E-state index contributed by atoms with van der Waals surface area (Å²) < 4.78 is 38.5. The summed E-state index contributed by atoms with van der Waals surface area (Å²) in [7, 11) is 0. The van der Waals surface area contributed by atoms with E-state index in [0.717, 1.165) is 31.8 Å². The van der Waals surface area contributed by atoms with Crippen molar-refractivity contribution in [3.63, 3.8) is 0 Å². The van der Waals surface area contributed by atoms with Gasteiger partial charge in [-0.15, -0.1) is 0 Å². The lowest BCUT2D eigenvalue weighted by Crippen LogP contribution is -2.56. The van der Waals surface area contributed by atoms with E-state index in [1.807, 2.05) is 4.90 Å². The van der Waals surface area contributed by atoms with Gasteiger partial charge in [0.25, 0.3) is 0 Å². The van der Waals surface area contributed by atoms with Crippen LogP contribution < -0.4 is 10.6 Å². The second-order valence-electron chi connectivity index (χ2n) is 6.71. The number of hydrogen-bond acceptors (Lipinski definition) is 5. The van der Waals surface area contributed by atoms with E-state index in [1.54, 1.807) is 0 Å². The maximum absolute atomic E-state index is 12.8. The smallest absolute Gasteiger partial charge is 0.340 e. The number of hydrogen-bond donors (Lipinski definition) is 2. The van der Waals surface area contributed by atoms with Crippen LogP contribution in [0.4, 0.5) is 18.9 Å². The van der Waals surface area contributed by atoms with Gasteiger partial charge < -0.3 is 15.1 Å². The predicted octanol–water partition coefficient (Wildman–Crippen LogP) is 1.53. The average molecular weight is 397 g/mol. The zero-order chi connectivity index (χ0) is 20.3. The van der Waals surface area contributed by atoms with Crippen LogP contribution in [0.15, 0.2) is 29.3 Å². The van der Waals surface area contributed by atoms with E-state index < -0.39 is 23.7 Å². The monoisotopic (exact) mass is 397 g/mol. The lowest BCUT2D eigenvalue weighted by Gasteiger charge is -2.37. The number of nitrogens with one attached hydrogen (secondary N) is 2. The Morgan fingerprint density at radius 2 is 2.00 bits per heavy atom. The summed E-state index contributed by atoms with van der Waals surface area (Å²) in [6, 6.07) is 3.38. The van der Waals surface area contributed by atoms with E-state index >= 15 is 0 Å². The molecule has 1 aromatic carbocycles. The van der Waals surface area contributed by atoms with Crippen LogP contribution in [0.3, 0.4) is 0 Å². The third-order valence-electron chi connectivity index (χ3n) is 4.79. The van der Waals surface area contributed by atoms with Gasteiger partial charge in [-0.3, -0.25) is 14.9 Å². The van der Waals surface area contributed by atoms with Crippen molar-refractivity contribution in [2.45, 2.75) is 25.6 Å². The number of aliphatic imine (C=N–C) groups is 1. The summed E-state index contributed by atoms with van der Waals surface area (Å²) in [4.78, 5) is 33.0. The fourth-order valence-electron chi connectivity index (χ4n) is 3.16. The highest BCUT2D eigenvalue weighted by Crippen LogP contribution is 2.30. The van der Waals surface area contributed by atoms with Gasteiger partial charge >= 0.3 is 6.18 Å². The van der Waals surface area contributed by atoms with Gasteiger partial charge in [-0.1, -0.05) is 13.0 Å². The van der Waals surface area contributed by atoms with E-state index in [0.29, 0.717) is 19.0 Å². The third-order valence-corrected chi connectivity index (χ3v) is 4.79. The molecule has 2 N–H and O–H groups in total. The molecular formula is C18H22F3N5O2. The Morgan fingerprint density at radius 3 is 2.64 bits per heavy atom. The predicted molar refractivity (Wildman–Crippen MR) is 97.7 cm³/mol. The molecule has 0 aromatic heterocycles. The Hall–Kier alpha value is -2.62. The van der Waals surface area contributed by atoms with Gasteiger partial charge in [0, 0.05) is 31.9 Å². The number of alkyl halides is 3. The van der Waals surface area contributed by atoms with Gasteiger partial charge in [-0.05, 0) is 24.7 Å². The summed E-state index contributed by atoms with van der Waals surface area (Å²) in [5, 5.41) is 5.12. The molecule has 1 aromatic rings. The topological polar surface area (TPSA) is 77.0 Å². The molecule has 2 heterocycles. The number of rotatable bonds is 3. The van der Waals surface area contributed by atoms with Gasteiger partial charge in [0.15, 0.2) is 0 Å². The summed E-state index contributed by atoms with van der Waals surface area (Å²) in [6.07, 6.45) is -4.65. The lowest BCUT2D eigenvalue weighted by atomic mass is 10.1. The van der Waals surface area contributed by atoms with Crippen LogP contribution in [-0.4, -0.2) is 66.3 Å². The molecule has 2 aliphatic heterocycles. The highest BCUT2D eigenvalue weighted by atomic mass is 19.4. The molecule has 28 heavy (non-hydrogen) atoms. The van der Waals surface area contributed by atoms with Crippen molar-refractivity contribution in [3.05, 3.63) is 29.8 Å². The SMILES string of the molecule is CCN1CCN(C2=N[C@@H](C(=O)Nc3cccc(C(F)(F)F)c3)CC(=O)N2)CC1. The van der Waals surface area contributed by atoms with E-state index in [2.05, 4.69) is 27.4 Å². The molecule has 1 atom stereocenters. The first-order chi connectivity index (χ1) is 13.3. The highest BCUT2D eigenvalue weighted by Gasteiger charge is 2.32. The molecule has 152 valence electrons. The van der Waals surface area contributed by atoms with Gasteiger partial charge in [0.1, 0.15) is 6.04 Å². The van der Waals surface area contributed by atoms with Crippen molar-refractivity contribution in [1.82, 2.24) is 15.1 Å². The summed E-state index contributed by atoms with van der Waals surface area (Å²) in [6.45, 7) is 6.02. The van der Waals surface area contributed by atoms with Crippen molar-refractivity contribution in [2.24, 2.45) is 4.99 Å². The van der Waals surface area contributed by atoms with E-state index in [4.69, 9.17) is 0 Å². The Morgan fingerprint density at radius 1 is 1.29 bits per heavy atom. The quantitative estimate of drug-likeness (QED) is 0.811. The molecule has 0 aliphatic carbocycles. The first-order valence-corrected chi connectivity index (χ1v) is 9.09. The van der Waals surface area contributed by atoms with Crippen molar-refractivity contribution >= 4 is 23.5 Å². The van der Waals surface area contributed by atoms with Crippen LogP contribution in [0.2, 0.25) is 0 Å². The van der Waals surface area contributed by atoms with Gasteiger partial charge in [-0.2, -0.15) is 13.2 Å². The van der Waals surface area contributed by atoms with Crippen LogP contribution in [0.5, 0.6) is 0 Å². The van der Waals surface area contributed by atoms with Crippen molar-refractivity contribution in [1.29, 1.82) is 0 Å². The standard InChI is InChI=1S/C18H22F3N5O2/c1-2-25-6-8-26(9-7-25)17-23-14(11-15(27)24-17)16(28)22-13-5-3-4-12(10-13)18(19,20)21/h3-5,10,14H,2,6-9,11H2,1H3,(H,22,28)(H,23,24,27)/t14-/m1/s1. The molecule has 2 amide bonds. The van der Waals surface area contributed by atoms with Gasteiger partial charge in [0.2, 0.25) is 17.8 Å². The number of likely N-dealkylation sites (N-methyl/N-ethyl adjacent to an activating group) is 1. The molecule has 0 spiro atoms. The Balaban J connectivity index is 1.70.